The Balaban J connectivity index is 2.60. The summed E-state index contributed by atoms with van der Waals surface area (Å²) in [7, 11) is 0. The first-order valence-electron chi connectivity index (χ1n) is 4.77. The fourth-order valence-corrected chi connectivity index (χ4v) is 2.39. The normalized spacial score (nSPS) is 14.0. The first kappa shape index (κ1) is 10.6. The number of esters is 2. The van der Waals surface area contributed by atoms with Crippen molar-refractivity contribution in [3.63, 3.8) is 0 Å². The summed E-state index contributed by atoms with van der Waals surface area (Å²) in [5.41, 5.74) is 0.486. The van der Waals surface area contributed by atoms with E-state index in [0.29, 0.717) is 16.3 Å². The van der Waals surface area contributed by atoms with Crippen LogP contribution in [0.25, 0.3) is 10.8 Å². The molecule has 0 atom stereocenters. The molecule has 0 saturated carbocycles. The molecule has 0 N–H and O–H groups in total. The molecule has 0 saturated heterocycles. The fourth-order valence-electron chi connectivity index (χ4n) is 1.95. The topological polar surface area (TPSA) is 43.4 Å². The zero-order chi connectivity index (χ0) is 12.2. The van der Waals surface area contributed by atoms with Gasteiger partial charge in [0.15, 0.2) is 0 Å². The van der Waals surface area contributed by atoms with Crippen molar-refractivity contribution in [2.24, 2.45) is 0 Å². The molecular weight excluding hydrogens is 263 g/mol. The highest BCUT2D eigenvalue weighted by molar-refractivity contribution is 6.46. The summed E-state index contributed by atoms with van der Waals surface area (Å²) in [5, 5.41) is 1.57. The molecule has 3 rings (SSSR count). The molecule has 84 valence electrons. The zero-order valence-corrected chi connectivity index (χ0v) is 9.80. The van der Waals surface area contributed by atoms with Crippen molar-refractivity contribution in [2.45, 2.75) is 0 Å². The first-order chi connectivity index (χ1) is 8.09. The first-order valence-corrected chi connectivity index (χ1v) is 5.52. The maximum Gasteiger partial charge on any atom is 0.348 e. The van der Waals surface area contributed by atoms with Crippen molar-refractivity contribution >= 4 is 45.9 Å². The van der Waals surface area contributed by atoms with Crippen LogP contribution in [0.5, 0.6) is 0 Å². The molecule has 0 aliphatic carbocycles. The average molecular weight is 267 g/mol. The fraction of sp³-hybridized carbons (Fsp3) is 0. The Hall–Kier alpha value is -1.58. The lowest BCUT2D eigenvalue weighted by Crippen LogP contribution is -2.20. The highest BCUT2D eigenvalue weighted by atomic mass is 35.5. The van der Waals surface area contributed by atoms with E-state index in [1.807, 2.05) is 0 Å². The molecule has 0 unspecified atom stereocenters. The van der Waals surface area contributed by atoms with Crippen LogP contribution in [0.15, 0.2) is 24.3 Å². The van der Waals surface area contributed by atoms with Gasteiger partial charge in [0.25, 0.3) is 0 Å². The van der Waals surface area contributed by atoms with Gasteiger partial charge in [-0.2, -0.15) is 0 Å². The van der Waals surface area contributed by atoms with Crippen LogP contribution in [0.4, 0.5) is 0 Å². The molecule has 0 radical (unpaired) electrons. The van der Waals surface area contributed by atoms with Crippen molar-refractivity contribution in [1.29, 1.82) is 0 Å². The van der Waals surface area contributed by atoms with Gasteiger partial charge in [0.05, 0.1) is 21.2 Å². The van der Waals surface area contributed by atoms with E-state index in [2.05, 4.69) is 4.74 Å². The van der Waals surface area contributed by atoms with Crippen molar-refractivity contribution in [1.82, 2.24) is 0 Å². The summed E-state index contributed by atoms with van der Waals surface area (Å²) < 4.78 is 4.62. The Bertz CT molecular complexity index is 692. The van der Waals surface area contributed by atoms with E-state index < -0.39 is 11.9 Å². The highest BCUT2D eigenvalue weighted by Gasteiger charge is 2.30. The van der Waals surface area contributed by atoms with Crippen molar-refractivity contribution in [3.05, 3.63) is 45.4 Å². The lowest BCUT2D eigenvalue weighted by atomic mass is 9.97. The van der Waals surface area contributed by atoms with E-state index in [4.69, 9.17) is 23.2 Å². The molecule has 1 aliphatic rings. The lowest BCUT2D eigenvalue weighted by molar-refractivity contribution is 0.0391. The molecule has 2 aromatic rings. The summed E-state index contributed by atoms with van der Waals surface area (Å²) in [6.45, 7) is 0. The van der Waals surface area contributed by atoms with Crippen molar-refractivity contribution in [2.75, 3.05) is 0 Å². The van der Waals surface area contributed by atoms with Gasteiger partial charge in [-0.25, -0.2) is 9.59 Å². The van der Waals surface area contributed by atoms with Crippen LogP contribution in [0, 0.1) is 0 Å². The Labute approximate surface area is 106 Å². The standard InChI is InChI=1S/C12H4Cl2O3/c13-7-4-5-2-1-3-6-8(5)9(10(7)14)12(16)17-11(6)15/h1-4H. The molecule has 5 heteroatoms. The average Bonchev–Trinajstić information content (AvgIpc) is 2.28. The number of carbonyl (C=O) groups is 2. The van der Waals surface area contributed by atoms with Gasteiger partial charge in [-0.3, -0.25) is 0 Å². The predicted octanol–water partition coefficient (Wildman–Crippen LogP) is 3.46. The highest BCUT2D eigenvalue weighted by Crippen LogP contribution is 2.37. The molecule has 0 aromatic heterocycles. The van der Waals surface area contributed by atoms with E-state index in [-0.39, 0.29) is 15.6 Å². The van der Waals surface area contributed by atoms with E-state index >= 15 is 0 Å². The molecule has 0 spiro atoms. The summed E-state index contributed by atoms with van der Waals surface area (Å²) in [5.74, 6) is -1.42. The van der Waals surface area contributed by atoms with Crippen molar-refractivity contribution in [3.8, 4) is 0 Å². The second-order valence-corrected chi connectivity index (χ2v) is 4.41. The van der Waals surface area contributed by atoms with Gasteiger partial charge in [-0.1, -0.05) is 35.3 Å². The van der Waals surface area contributed by atoms with Crippen LogP contribution in [0.1, 0.15) is 20.7 Å². The quantitative estimate of drug-likeness (QED) is 0.542. The van der Waals surface area contributed by atoms with E-state index in [1.165, 1.54) is 0 Å². The van der Waals surface area contributed by atoms with Crippen LogP contribution >= 0.6 is 23.2 Å². The van der Waals surface area contributed by atoms with Gasteiger partial charge in [0.1, 0.15) is 0 Å². The molecule has 3 nitrogen and oxygen atoms in total. The Morgan fingerprint density at radius 2 is 1.82 bits per heavy atom. The number of rotatable bonds is 0. The van der Waals surface area contributed by atoms with E-state index in [1.54, 1.807) is 24.3 Å². The van der Waals surface area contributed by atoms with Gasteiger partial charge in [0, 0.05) is 5.39 Å². The maximum absolute atomic E-state index is 11.7. The molecule has 0 bridgehead atoms. The number of carbonyl (C=O) groups excluding carboxylic acids is 2. The van der Waals surface area contributed by atoms with Crippen LogP contribution in [0.2, 0.25) is 10.0 Å². The molecular formula is C12H4Cl2O3. The summed E-state index contributed by atoms with van der Waals surface area (Å²) in [6, 6.07) is 6.67. The lowest BCUT2D eigenvalue weighted by Gasteiger charge is -2.16. The van der Waals surface area contributed by atoms with Crippen LogP contribution in [-0.2, 0) is 4.74 Å². The maximum atomic E-state index is 11.7. The number of hydrogen-bond acceptors (Lipinski definition) is 3. The molecule has 17 heavy (non-hydrogen) atoms. The van der Waals surface area contributed by atoms with E-state index in [0.717, 1.165) is 0 Å². The van der Waals surface area contributed by atoms with Crippen molar-refractivity contribution < 1.29 is 14.3 Å². The van der Waals surface area contributed by atoms with Gasteiger partial charge in [0.2, 0.25) is 0 Å². The number of halogens is 2. The Kier molecular flexibility index (Phi) is 2.15. The van der Waals surface area contributed by atoms with Crippen LogP contribution < -0.4 is 0 Å². The Morgan fingerprint density at radius 1 is 1.06 bits per heavy atom. The summed E-state index contributed by atoms with van der Waals surface area (Å²) in [6.07, 6.45) is 0. The Morgan fingerprint density at radius 3 is 2.59 bits per heavy atom. The number of hydrogen-bond donors (Lipinski definition) is 0. The second-order valence-electron chi connectivity index (χ2n) is 3.63. The van der Waals surface area contributed by atoms with Crippen LogP contribution in [0.3, 0.4) is 0 Å². The monoisotopic (exact) mass is 266 g/mol. The van der Waals surface area contributed by atoms with Gasteiger partial charge < -0.3 is 4.74 Å². The third-order valence-corrected chi connectivity index (χ3v) is 3.45. The number of benzene rings is 2. The van der Waals surface area contributed by atoms with Gasteiger partial charge in [-0.15, -0.1) is 0 Å². The minimum atomic E-state index is -0.758. The summed E-state index contributed by atoms with van der Waals surface area (Å²) >= 11 is 11.9. The SMILES string of the molecule is O=C1OC(=O)c2c(Cl)c(Cl)cc3cccc1c23. The smallest absolute Gasteiger partial charge is 0.348 e. The zero-order valence-electron chi connectivity index (χ0n) is 8.29. The van der Waals surface area contributed by atoms with E-state index in [9.17, 15) is 9.59 Å². The number of ether oxygens (including phenoxy) is 1. The predicted molar refractivity (Wildman–Crippen MR) is 63.7 cm³/mol. The van der Waals surface area contributed by atoms with Gasteiger partial charge >= 0.3 is 11.9 Å². The minimum absolute atomic E-state index is 0.115. The second kappa shape index (κ2) is 3.45. The largest absolute Gasteiger partial charge is 0.386 e. The molecule has 2 aromatic carbocycles. The molecule has 0 amide bonds. The third kappa shape index (κ3) is 1.36. The summed E-state index contributed by atoms with van der Waals surface area (Å²) in [4.78, 5) is 23.2. The third-order valence-electron chi connectivity index (χ3n) is 2.67. The molecule has 1 aliphatic heterocycles. The van der Waals surface area contributed by atoms with Gasteiger partial charge in [-0.05, 0) is 17.5 Å². The molecule has 0 fully saturated rings. The number of cyclic esters (lactones) is 2. The van der Waals surface area contributed by atoms with Crippen LogP contribution in [-0.4, -0.2) is 11.9 Å². The molecule has 1 heterocycles. The minimum Gasteiger partial charge on any atom is -0.386 e.